The van der Waals surface area contributed by atoms with Crippen LogP contribution in [0.15, 0.2) is 0 Å². The molecule has 0 aromatic heterocycles. The summed E-state index contributed by atoms with van der Waals surface area (Å²) in [6.45, 7) is 3.38. The molecule has 2 nitrogen and oxygen atoms in total. The highest BCUT2D eigenvalue weighted by Gasteiger charge is 2.40. The van der Waals surface area contributed by atoms with E-state index in [4.69, 9.17) is 4.74 Å². The molecule has 1 heterocycles. The molecule has 3 aliphatic rings. The van der Waals surface area contributed by atoms with E-state index in [0.717, 1.165) is 18.9 Å². The Kier molecular flexibility index (Phi) is 4.21. The fourth-order valence-corrected chi connectivity index (χ4v) is 4.71. The number of nitrogens with zero attached hydrogens (tertiary/aromatic N) is 1. The summed E-state index contributed by atoms with van der Waals surface area (Å²) in [7, 11) is 0. The Morgan fingerprint density at radius 3 is 2.67 bits per heavy atom. The van der Waals surface area contributed by atoms with Crippen LogP contribution in [0, 0.1) is 5.41 Å². The second-order valence-corrected chi connectivity index (χ2v) is 6.91. The van der Waals surface area contributed by atoms with Crippen molar-refractivity contribution < 1.29 is 4.74 Å². The molecule has 3 fully saturated rings. The van der Waals surface area contributed by atoms with Gasteiger partial charge in [0.05, 0.1) is 12.7 Å². The molecule has 104 valence electrons. The minimum atomic E-state index is 0.516. The van der Waals surface area contributed by atoms with Gasteiger partial charge in [-0.05, 0) is 36.9 Å². The molecule has 0 amide bonds. The Labute approximate surface area is 117 Å². The lowest BCUT2D eigenvalue weighted by Gasteiger charge is -2.47. The molecule has 18 heavy (non-hydrogen) atoms. The quantitative estimate of drug-likeness (QED) is 0.790. The molecule has 0 N–H and O–H groups in total. The number of fused-ring (bicyclic) bond motifs is 1. The van der Waals surface area contributed by atoms with E-state index < -0.39 is 0 Å². The third-order valence-electron chi connectivity index (χ3n) is 5.39. The lowest BCUT2D eigenvalue weighted by Crippen LogP contribution is -2.55. The molecule has 0 aromatic carbocycles. The van der Waals surface area contributed by atoms with Crippen LogP contribution in [0.1, 0.15) is 51.4 Å². The number of thiol groups is 1. The van der Waals surface area contributed by atoms with Gasteiger partial charge in [-0.3, -0.25) is 4.90 Å². The maximum Gasteiger partial charge on any atom is 0.0730 e. The molecule has 3 heteroatoms. The van der Waals surface area contributed by atoms with E-state index in [1.165, 1.54) is 57.9 Å². The standard InChI is InChI=1S/C15H27NOS/c18-12-15(7-3-4-8-15)11-16-9-10-17-14-6-2-1-5-13(14)16/h13-14,18H,1-12H2. The second kappa shape index (κ2) is 5.72. The van der Waals surface area contributed by atoms with Crippen molar-refractivity contribution in [2.75, 3.05) is 25.4 Å². The molecule has 2 atom stereocenters. The van der Waals surface area contributed by atoms with Gasteiger partial charge in [-0.2, -0.15) is 12.6 Å². The lowest BCUT2D eigenvalue weighted by molar-refractivity contribution is -0.0970. The van der Waals surface area contributed by atoms with E-state index in [9.17, 15) is 0 Å². The monoisotopic (exact) mass is 269 g/mol. The molecular weight excluding hydrogens is 242 g/mol. The Morgan fingerprint density at radius 1 is 1.11 bits per heavy atom. The largest absolute Gasteiger partial charge is 0.375 e. The summed E-state index contributed by atoms with van der Waals surface area (Å²) >= 11 is 4.66. The van der Waals surface area contributed by atoms with Gasteiger partial charge >= 0.3 is 0 Å². The molecular formula is C15H27NOS. The van der Waals surface area contributed by atoms with Crippen LogP contribution in [-0.2, 0) is 4.74 Å². The summed E-state index contributed by atoms with van der Waals surface area (Å²) < 4.78 is 5.98. The van der Waals surface area contributed by atoms with Gasteiger partial charge in [0.2, 0.25) is 0 Å². The fourth-order valence-electron chi connectivity index (χ4n) is 4.29. The van der Waals surface area contributed by atoms with Crippen LogP contribution in [-0.4, -0.2) is 42.5 Å². The SMILES string of the molecule is SCC1(CN2CCOC3CCCCC32)CCCC1. The maximum absolute atomic E-state index is 5.98. The lowest BCUT2D eigenvalue weighted by atomic mass is 9.84. The summed E-state index contributed by atoms with van der Waals surface area (Å²) in [5.74, 6) is 1.07. The van der Waals surface area contributed by atoms with E-state index in [1.807, 2.05) is 0 Å². The Morgan fingerprint density at radius 2 is 1.89 bits per heavy atom. The van der Waals surface area contributed by atoms with Gasteiger partial charge in [0.15, 0.2) is 0 Å². The highest BCUT2D eigenvalue weighted by atomic mass is 32.1. The van der Waals surface area contributed by atoms with Gasteiger partial charge in [0, 0.05) is 19.1 Å². The van der Waals surface area contributed by atoms with Gasteiger partial charge in [0.1, 0.15) is 0 Å². The third kappa shape index (κ3) is 2.59. The highest BCUT2D eigenvalue weighted by Crippen LogP contribution is 2.41. The van der Waals surface area contributed by atoms with E-state index in [0.29, 0.717) is 17.6 Å². The summed E-state index contributed by atoms with van der Waals surface area (Å²) in [5.41, 5.74) is 0.516. The summed E-state index contributed by atoms with van der Waals surface area (Å²) in [4.78, 5) is 2.76. The van der Waals surface area contributed by atoms with Crippen LogP contribution in [0.5, 0.6) is 0 Å². The molecule has 2 unspecified atom stereocenters. The Balaban J connectivity index is 1.66. The van der Waals surface area contributed by atoms with Crippen molar-refractivity contribution in [3.8, 4) is 0 Å². The topological polar surface area (TPSA) is 12.5 Å². The number of hydrogen-bond acceptors (Lipinski definition) is 3. The summed E-state index contributed by atoms with van der Waals surface area (Å²) in [6, 6.07) is 0.713. The normalized spacial score (nSPS) is 36.5. The number of hydrogen-bond donors (Lipinski definition) is 1. The minimum absolute atomic E-state index is 0.516. The zero-order valence-corrected chi connectivity index (χ0v) is 12.3. The molecule has 1 saturated heterocycles. The van der Waals surface area contributed by atoms with Crippen molar-refractivity contribution in [3.05, 3.63) is 0 Å². The Bertz CT molecular complexity index is 276. The predicted octanol–water partition coefficient (Wildman–Crippen LogP) is 3.12. The van der Waals surface area contributed by atoms with Crippen LogP contribution in [0.4, 0.5) is 0 Å². The fraction of sp³-hybridized carbons (Fsp3) is 1.00. The van der Waals surface area contributed by atoms with Crippen molar-refractivity contribution in [2.24, 2.45) is 5.41 Å². The average Bonchev–Trinajstić information content (AvgIpc) is 2.88. The second-order valence-electron chi connectivity index (χ2n) is 6.60. The highest BCUT2D eigenvalue weighted by molar-refractivity contribution is 7.80. The first-order valence-corrected chi connectivity index (χ1v) is 8.43. The molecule has 0 aromatic rings. The van der Waals surface area contributed by atoms with E-state index >= 15 is 0 Å². The van der Waals surface area contributed by atoms with Crippen LogP contribution in [0.2, 0.25) is 0 Å². The van der Waals surface area contributed by atoms with Crippen molar-refractivity contribution in [1.29, 1.82) is 0 Å². The Hall–Kier alpha value is 0.270. The molecule has 2 saturated carbocycles. The van der Waals surface area contributed by atoms with Gasteiger partial charge in [0.25, 0.3) is 0 Å². The maximum atomic E-state index is 5.98. The van der Waals surface area contributed by atoms with E-state index in [1.54, 1.807) is 0 Å². The summed E-state index contributed by atoms with van der Waals surface area (Å²) in [6.07, 6.45) is 11.6. The smallest absolute Gasteiger partial charge is 0.0730 e. The van der Waals surface area contributed by atoms with Crippen molar-refractivity contribution in [1.82, 2.24) is 4.90 Å². The van der Waals surface area contributed by atoms with Crippen LogP contribution < -0.4 is 0 Å². The van der Waals surface area contributed by atoms with Crippen molar-refractivity contribution in [2.45, 2.75) is 63.5 Å². The first-order chi connectivity index (χ1) is 8.83. The van der Waals surface area contributed by atoms with Crippen molar-refractivity contribution in [3.63, 3.8) is 0 Å². The van der Waals surface area contributed by atoms with Gasteiger partial charge < -0.3 is 4.74 Å². The minimum Gasteiger partial charge on any atom is -0.375 e. The molecule has 3 rings (SSSR count). The van der Waals surface area contributed by atoms with Crippen molar-refractivity contribution >= 4 is 12.6 Å². The molecule has 2 aliphatic carbocycles. The first-order valence-electron chi connectivity index (χ1n) is 7.80. The molecule has 1 aliphatic heterocycles. The molecule has 0 radical (unpaired) electrons. The van der Waals surface area contributed by atoms with Crippen LogP contribution in [0.3, 0.4) is 0 Å². The zero-order chi connectivity index (χ0) is 12.4. The van der Waals surface area contributed by atoms with E-state index in [-0.39, 0.29) is 0 Å². The predicted molar refractivity (Wildman–Crippen MR) is 78.3 cm³/mol. The molecule has 0 bridgehead atoms. The van der Waals surface area contributed by atoms with E-state index in [2.05, 4.69) is 17.5 Å². The first kappa shape index (κ1) is 13.3. The number of ether oxygens (including phenoxy) is 1. The molecule has 0 spiro atoms. The number of morpholine rings is 1. The van der Waals surface area contributed by atoms with Gasteiger partial charge in [-0.25, -0.2) is 0 Å². The van der Waals surface area contributed by atoms with Gasteiger partial charge in [-0.1, -0.05) is 25.7 Å². The van der Waals surface area contributed by atoms with Gasteiger partial charge in [-0.15, -0.1) is 0 Å². The number of rotatable bonds is 3. The average molecular weight is 269 g/mol. The van der Waals surface area contributed by atoms with Crippen LogP contribution >= 0.6 is 12.6 Å². The zero-order valence-electron chi connectivity index (χ0n) is 11.4. The third-order valence-corrected chi connectivity index (χ3v) is 6.06. The van der Waals surface area contributed by atoms with Crippen LogP contribution in [0.25, 0.3) is 0 Å². The summed E-state index contributed by atoms with van der Waals surface area (Å²) in [5, 5.41) is 0.